The molecule has 0 spiro atoms. The van der Waals surface area contributed by atoms with E-state index in [1.807, 2.05) is 0 Å². The van der Waals surface area contributed by atoms with Gasteiger partial charge in [-0.15, -0.1) is 0 Å². The third kappa shape index (κ3) is 35.4. The molecule has 0 saturated heterocycles. The molecule has 4 nitrogen and oxygen atoms in total. The van der Waals surface area contributed by atoms with E-state index < -0.39 is 24.9 Å². The van der Waals surface area contributed by atoms with Gasteiger partial charge in [0.2, 0.25) is 0 Å². The van der Waals surface area contributed by atoms with Crippen molar-refractivity contribution < 1.29 is 17.5 Å². The van der Waals surface area contributed by atoms with Crippen LogP contribution >= 0.6 is 14.5 Å². The Balaban J connectivity index is -0.000000642. The summed E-state index contributed by atoms with van der Waals surface area (Å²) in [5.74, 6) is 0. The minimum atomic E-state index is -5.17. The average molecular weight is 671 g/mol. The van der Waals surface area contributed by atoms with E-state index in [2.05, 4.69) is 55.4 Å². The molecule has 0 aromatic heterocycles. The molecule has 0 atom stereocenters. The number of rotatable bonds is 28. The molecule has 0 fully saturated rings. The molecule has 7 heteroatoms. The molecule has 0 saturated carbocycles. The highest BCUT2D eigenvalue weighted by molar-refractivity contribution is 7.79. The van der Waals surface area contributed by atoms with Crippen molar-refractivity contribution in [3.05, 3.63) is 0 Å². The normalized spacial score (nSPS) is 12.0. The molecule has 0 N–H and O–H groups in total. The molecule has 0 bridgehead atoms. The molecule has 0 heterocycles. The van der Waals surface area contributed by atoms with Crippen molar-refractivity contribution in [2.75, 3.05) is 49.3 Å². The maximum absolute atomic E-state index is 8.52. The molecule has 43 heavy (non-hydrogen) atoms. The Kier molecular flexibility index (Phi) is 38.1. The Hall–Kier alpha value is 0.730. The van der Waals surface area contributed by atoms with Crippen molar-refractivity contribution in [1.82, 2.24) is 0 Å². The zero-order valence-corrected chi connectivity index (χ0v) is 33.3. The van der Waals surface area contributed by atoms with Gasteiger partial charge in [0, 0.05) is 24.9 Å². The number of unbranched alkanes of at least 4 members (excludes halogenated alkanes) is 18. The quantitative estimate of drug-likeness (QED) is 0.0359. The SMILES string of the molecule is CCCCCCCCCCCC[P+](CC)(CC)CC.CCCCCCCCCCCC[P+](CC)(CC)CC.O=S(=O)([O-])[O-]. The highest BCUT2D eigenvalue weighted by atomic mass is 32.3. The molecule has 0 aromatic carbocycles. The van der Waals surface area contributed by atoms with Gasteiger partial charge in [-0.25, -0.2) is 0 Å². The minimum Gasteiger partial charge on any atom is -0.759 e. The molecule has 0 aliphatic rings. The fourth-order valence-electron chi connectivity index (χ4n) is 6.16. The second-order valence-corrected chi connectivity index (χ2v) is 23.7. The van der Waals surface area contributed by atoms with Crippen LogP contribution in [0.25, 0.3) is 0 Å². The van der Waals surface area contributed by atoms with Gasteiger partial charge in [-0.1, -0.05) is 117 Å². The third-order valence-electron chi connectivity index (χ3n) is 10.00. The van der Waals surface area contributed by atoms with Gasteiger partial charge in [-0.2, -0.15) is 0 Å². The van der Waals surface area contributed by atoms with Crippen LogP contribution in [-0.2, 0) is 10.4 Å². The standard InChI is InChI=1S/2C18H40P.H2O4S/c2*1-5-9-10-11-12-13-14-15-16-17-18-19(6-2,7-3)8-4;1-5(2,3)4/h2*5-18H2,1-4H3;(H2,1,2,3,4)/q2*+1;/p-2. The van der Waals surface area contributed by atoms with Crippen molar-refractivity contribution in [3.8, 4) is 0 Å². The summed E-state index contributed by atoms with van der Waals surface area (Å²) < 4.78 is 34.1. The van der Waals surface area contributed by atoms with E-state index in [1.54, 1.807) is 12.3 Å². The molecule has 0 aliphatic carbocycles. The van der Waals surface area contributed by atoms with Crippen LogP contribution in [0.1, 0.15) is 184 Å². The predicted molar refractivity (Wildman–Crippen MR) is 201 cm³/mol. The van der Waals surface area contributed by atoms with Crippen molar-refractivity contribution in [2.24, 2.45) is 0 Å². The molecule has 0 radical (unpaired) electrons. The predicted octanol–water partition coefficient (Wildman–Crippen LogP) is 12.6. The number of hydrogen-bond acceptors (Lipinski definition) is 4. The van der Waals surface area contributed by atoms with Crippen molar-refractivity contribution in [1.29, 1.82) is 0 Å². The van der Waals surface area contributed by atoms with Gasteiger partial charge in [-0.05, 0) is 67.2 Å². The van der Waals surface area contributed by atoms with Crippen LogP contribution in [0.15, 0.2) is 0 Å². The maximum atomic E-state index is 8.52. The van der Waals surface area contributed by atoms with Crippen LogP contribution < -0.4 is 0 Å². The Labute approximate surface area is 274 Å². The molecule has 0 unspecified atom stereocenters. The van der Waals surface area contributed by atoms with Gasteiger partial charge < -0.3 is 9.11 Å². The van der Waals surface area contributed by atoms with Gasteiger partial charge in [0.15, 0.2) is 0 Å². The summed E-state index contributed by atoms with van der Waals surface area (Å²) in [6, 6.07) is 0. The second kappa shape index (κ2) is 34.1. The molecular formula is C36H80O4P2S. The highest BCUT2D eigenvalue weighted by Gasteiger charge is 2.30. The lowest BCUT2D eigenvalue weighted by Gasteiger charge is -2.23. The van der Waals surface area contributed by atoms with Crippen LogP contribution in [0.5, 0.6) is 0 Å². The minimum absolute atomic E-state index is 0.513. The summed E-state index contributed by atoms with van der Waals surface area (Å²) in [5.41, 5.74) is 0. The smallest absolute Gasteiger partial charge is 0.0594 e. The molecule has 0 amide bonds. The zero-order valence-electron chi connectivity index (χ0n) is 30.7. The van der Waals surface area contributed by atoms with Crippen LogP contribution in [0.2, 0.25) is 0 Å². The third-order valence-corrected chi connectivity index (χ3v) is 20.6. The van der Waals surface area contributed by atoms with E-state index >= 15 is 0 Å². The second-order valence-electron chi connectivity index (χ2n) is 12.8. The van der Waals surface area contributed by atoms with Gasteiger partial charge in [0.1, 0.15) is 0 Å². The zero-order chi connectivity index (χ0) is 33.3. The summed E-state index contributed by atoms with van der Waals surface area (Å²) in [7, 11) is -6.19. The van der Waals surface area contributed by atoms with Crippen molar-refractivity contribution in [2.45, 2.75) is 184 Å². The van der Waals surface area contributed by atoms with Crippen LogP contribution in [0.3, 0.4) is 0 Å². The molecule has 0 aliphatic heterocycles. The van der Waals surface area contributed by atoms with E-state index in [0.29, 0.717) is 0 Å². The largest absolute Gasteiger partial charge is 0.759 e. The van der Waals surface area contributed by atoms with Crippen LogP contribution in [-0.4, -0.2) is 66.8 Å². The Morgan fingerprint density at radius 2 is 0.512 bits per heavy atom. The van der Waals surface area contributed by atoms with Gasteiger partial charge >= 0.3 is 0 Å². The molecule has 0 rings (SSSR count). The van der Waals surface area contributed by atoms with Crippen molar-refractivity contribution in [3.63, 3.8) is 0 Å². The fourth-order valence-corrected chi connectivity index (χ4v) is 12.5. The van der Waals surface area contributed by atoms with E-state index in [0.717, 1.165) is 0 Å². The van der Waals surface area contributed by atoms with Crippen LogP contribution in [0, 0.1) is 0 Å². The lowest BCUT2D eigenvalue weighted by atomic mass is 10.1. The first-order valence-electron chi connectivity index (χ1n) is 18.9. The Morgan fingerprint density at radius 1 is 0.349 bits per heavy atom. The first kappa shape index (κ1) is 48.1. The lowest BCUT2D eigenvalue weighted by molar-refractivity contribution is 0.352. The average Bonchev–Trinajstić information content (AvgIpc) is 2.99. The topological polar surface area (TPSA) is 80.3 Å². The monoisotopic (exact) mass is 671 g/mol. The molecule has 0 aromatic rings. The van der Waals surface area contributed by atoms with Gasteiger partial charge in [0.25, 0.3) is 0 Å². The Morgan fingerprint density at radius 3 is 0.674 bits per heavy atom. The van der Waals surface area contributed by atoms with Gasteiger partial charge in [0.05, 0.1) is 49.3 Å². The Bertz CT molecular complexity index is 571. The van der Waals surface area contributed by atoms with Crippen LogP contribution in [0.4, 0.5) is 0 Å². The summed E-state index contributed by atoms with van der Waals surface area (Å²) in [6.07, 6.45) is 41.5. The van der Waals surface area contributed by atoms with E-state index in [4.69, 9.17) is 17.5 Å². The summed E-state index contributed by atoms with van der Waals surface area (Å²) in [5, 5.41) is 0. The lowest BCUT2D eigenvalue weighted by Crippen LogP contribution is -2.07. The molecular weight excluding hydrogens is 590 g/mol. The van der Waals surface area contributed by atoms with E-state index in [9.17, 15) is 0 Å². The van der Waals surface area contributed by atoms with E-state index in [-0.39, 0.29) is 0 Å². The highest BCUT2D eigenvalue weighted by Crippen LogP contribution is 2.59. The fraction of sp³-hybridized carbons (Fsp3) is 1.00. The molecule has 264 valence electrons. The van der Waals surface area contributed by atoms with Gasteiger partial charge in [-0.3, -0.25) is 8.42 Å². The maximum Gasteiger partial charge on any atom is 0.0594 e. The summed E-state index contributed by atoms with van der Waals surface area (Å²) in [6.45, 7) is 19.2. The summed E-state index contributed by atoms with van der Waals surface area (Å²) in [4.78, 5) is 0. The van der Waals surface area contributed by atoms with E-state index in [1.165, 1.54) is 165 Å². The first-order chi connectivity index (χ1) is 20.5. The van der Waals surface area contributed by atoms with Crippen molar-refractivity contribution >= 4 is 24.9 Å². The number of hydrogen-bond donors (Lipinski definition) is 0. The summed E-state index contributed by atoms with van der Waals surface area (Å²) >= 11 is 0. The first-order valence-corrected chi connectivity index (χ1v) is 25.2.